The van der Waals surface area contributed by atoms with Gasteiger partial charge in [0.15, 0.2) is 6.61 Å². The summed E-state index contributed by atoms with van der Waals surface area (Å²) in [5.41, 5.74) is 1.52. The Morgan fingerprint density at radius 3 is 2.67 bits per heavy atom. The minimum Gasteiger partial charge on any atom is -0.479 e. The topological polar surface area (TPSA) is 79.9 Å². The molecule has 0 saturated heterocycles. The van der Waals surface area contributed by atoms with Crippen molar-refractivity contribution in [3.63, 3.8) is 0 Å². The highest BCUT2D eigenvalue weighted by Crippen LogP contribution is 2.21. The number of carbonyl (C=O) groups excluding carboxylic acids is 1. The summed E-state index contributed by atoms with van der Waals surface area (Å²) in [6.45, 7) is 1.70. The van der Waals surface area contributed by atoms with Crippen molar-refractivity contribution in [2.75, 3.05) is 11.9 Å². The molecule has 2 aromatic rings. The second kappa shape index (κ2) is 6.29. The van der Waals surface area contributed by atoms with Gasteiger partial charge in [0.25, 0.3) is 5.91 Å². The van der Waals surface area contributed by atoms with Gasteiger partial charge in [0, 0.05) is 12.7 Å². The van der Waals surface area contributed by atoms with Crippen LogP contribution in [-0.4, -0.2) is 22.3 Å². The van der Waals surface area contributed by atoms with E-state index in [0.29, 0.717) is 27.8 Å². The van der Waals surface area contributed by atoms with Crippen LogP contribution in [0.1, 0.15) is 16.1 Å². The molecule has 1 amide bonds. The molecule has 0 radical (unpaired) electrons. The number of aryl methyl sites for hydroxylation is 2. The van der Waals surface area contributed by atoms with Gasteiger partial charge in [-0.1, -0.05) is 11.6 Å². The van der Waals surface area contributed by atoms with Crippen molar-refractivity contribution >= 4 is 23.2 Å². The first-order valence-corrected chi connectivity index (χ1v) is 6.51. The lowest BCUT2D eigenvalue weighted by molar-refractivity contribution is 0.102. The summed E-state index contributed by atoms with van der Waals surface area (Å²) in [5, 5.41) is 15.6. The monoisotopic (exact) mass is 304 g/mol. The minimum atomic E-state index is -0.323. The number of nitrogens with zero attached hydrogens (tertiary/aromatic N) is 3. The van der Waals surface area contributed by atoms with Crippen LogP contribution in [0.2, 0.25) is 5.15 Å². The quantitative estimate of drug-likeness (QED) is 0.941. The van der Waals surface area contributed by atoms with E-state index in [2.05, 4.69) is 10.4 Å². The standard InChI is InChI=1S/C14H13ClN4O2/c1-9-12(13(15)19(2)18-9)14(20)17-10-3-5-11(6-4-10)21-8-7-16/h3-6H,8H2,1-2H3,(H,17,20). The molecule has 0 aliphatic heterocycles. The lowest BCUT2D eigenvalue weighted by atomic mass is 10.2. The largest absolute Gasteiger partial charge is 0.479 e. The first-order chi connectivity index (χ1) is 10.0. The molecule has 1 aromatic carbocycles. The molecule has 2 rings (SSSR count). The van der Waals surface area contributed by atoms with E-state index < -0.39 is 0 Å². The van der Waals surface area contributed by atoms with Gasteiger partial charge in [0.2, 0.25) is 0 Å². The number of carbonyl (C=O) groups is 1. The Morgan fingerprint density at radius 2 is 2.14 bits per heavy atom. The van der Waals surface area contributed by atoms with E-state index >= 15 is 0 Å². The summed E-state index contributed by atoms with van der Waals surface area (Å²) in [7, 11) is 1.67. The number of hydrogen-bond donors (Lipinski definition) is 1. The summed E-state index contributed by atoms with van der Waals surface area (Å²) < 4.78 is 6.58. The number of benzene rings is 1. The molecule has 108 valence electrons. The smallest absolute Gasteiger partial charge is 0.260 e. The molecule has 0 spiro atoms. The van der Waals surface area contributed by atoms with Gasteiger partial charge < -0.3 is 10.1 Å². The molecule has 6 nitrogen and oxygen atoms in total. The van der Waals surface area contributed by atoms with Crippen LogP contribution in [0, 0.1) is 18.3 Å². The van der Waals surface area contributed by atoms with E-state index in [0.717, 1.165) is 0 Å². The summed E-state index contributed by atoms with van der Waals surface area (Å²) in [5.74, 6) is 0.237. The van der Waals surface area contributed by atoms with Gasteiger partial charge in [-0.3, -0.25) is 9.48 Å². The van der Waals surface area contributed by atoms with Gasteiger partial charge in [0.1, 0.15) is 17.0 Å². The Bertz CT molecular complexity index is 701. The predicted octanol–water partition coefficient (Wildman–Crippen LogP) is 2.54. The van der Waals surface area contributed by atoms with Gasteiger partial charge in [-0.25, -0.2) is 0 Å². The van der Waals surface area contributed by atoms with Crippen LogP contribution in [-0.2, 0) is 7.05 Å². The number of nitrogens with one attached hydrogen (secondary N) is 1. The molecule has 21 heavy (non-hydrogen) atoms. The Morgan fingerprint density at radius 1 is 1.48 bits per heavy atom. The molecular weight excluding hydrogens is 292 g/mol. The van der Waals surface area contributed by atoms with Crippen LogP contribution >= 0.6 is 11.6 Å². The summed E-state index contributed by atoms with van der Waals surface area (Å²) in [6, 6.07) is 8.60. The fourth-order valence-electron chi connectivity index (χ4n) is 1.83. The maximum absolute atomic E-state index is 12.2. The van der Waals surface area contributed by atoms with E-state index in [1.165, 1.54) is 4.68 Å². The maximum Gasteiger partial charge on any atom is 0.260 e. The van der Waals surface area contributed by atoms with Crippen LogP contribution in [0.5, 0.6) is 5.75 Å². The Labute approximate surface area is 126 Å². The predicted molar refractivity (Wildman–Crippen MR) is 78.5 cm³/mol. The highest BCUT2D eigenvalue weighted by Gasteiger charge is 2.18. The number of amides is 1. The molecule has 0 atom stereocenters. The van der Waals surface area contributed by atoms with Crippen LogP contribution in [0.3, 0.4) is 0 Å². The molecule has 0 aliphatic rings. The first-order valence-electron chi connectivity index (χ1n) is 6.13. The number of hydrogen-bond acceptors (Lipinski definition) is 4. The van der Waals surface area contributed by atoms with E-state index in [4.69, 9.17) is 21.6 Å². The minimum absolute atomic E-state index is 0.0177. The van der Waals surface area contributed by atoms with Crippen molar-refractivity contribution < 1.29 is 9.53 Å². The summed E-state index contributed by atoms with van der Waals surface area (Å²) in [4.78, 5) is 12.2. The van der Waals surface area contributed by atoms with Crippen molar-refractivity contribution in [3.05, 3.63) is 40.7 Å². The van der Waals surface area contributed by atoms with E-state index in [1.807, 2.05) is 6.07 Å². The lowest BCUT2D eigenvalue weighted by Gasteiger charge is -2.06. The number of nitriles is 1. The number of halogens is 1. The molecule has 1 heterocycles. The zero-order chi connectivity index (χ0) is 15.4. The molecule has 0 aliphatic carbocycles. The van der Waals surface area contributed by atoms with Crippen molar-refractivity contribution in [2.24, 2.45) is 7.05 Å². The van der Waals surface area contributed by atoms with Gasteiger partial charge in [-0.15, -0.1) is 0 Å². The second-order valence-corrected chi connectivity index (χ2v) is 4.66. The number of rotatable bonds is 4. The van der Waals surface area contributed by atoms with Gasteiger partial charge in [0.05, 0.1) is 11.3 Å². The molecule has 1 N–H and O–H groups in total. The Balaban J connectivity index is 2.11. The highest BCUT2D eigenvalue weighted by molar-refractivity contribution is 6.33. The maximum atomic E-state index is 12.2. The van der Waals surface area contributed by atoms with E-state index in [1.54, 1.807) is 38.2 Å². The second-order valence-electron chi connectivity index (χ2n) is 4.30. The number of anilines is 1. The van der Waals surface area contributed by atoms with Crippen molar-refractivity contribution in [3.8, 4) is 11.8 Å². The zero-order valence-corrected chi connectivity index (χ0v) is 12.3. The average molecular weight is 305 g/mol. The molecule has 1 aromatic heterocycles. The molecule has 0 bridgehead atoms. The molecule has 0 unspecified atom stereocenters. The van der Waals surface area contributed by atoms with Crippen LogP contribution in [0.15, 0.2) is 24.3 Å². The van der Waals surface area contributed by atoms with E-state index in [-0.39, 0.29) is 12.5 Å². The fourth-order valence-corrected chi connectivity index (χ4v) is 2.09. The first kappa shape index (κ1) is 14.9. The van der Waals surface area contributed by atoms with Crippen molar-refractivity contribution in [1.82, 2.24) is 9.78 Å². The lowest BCUT2D eigenvalue weighted by Crippen LogP contribution is -2.13. The SMILES string of the molecule is Cc1nn(C)c(Cl)c1C(=O)Nc1ccc(OCC#N)cc1. The average Bonchev–Trinajstić information content (AvgIpc) is 2.71. The van der Waals surface area contributed by atoms with Crippen LogP contribution in [0.25, 0.3) is 0 Å². The summed E-state index contributed by atoms with van der Waals surface area (Å²) in [6.07, 6.45) is 0. The van der Waals surface area contributed by atoms with Crippen molar-refractivity contribution in [1.29, 1.82) is 5.26 Å². The number of aromatic nitrogens is 2. The third-order valence-corrected chi connectivity index (χ3v) is 3.23. The Hall–Kier alpha value is -2.52. The third-order valence-electron chi connectivity index (χ3n) is 2.79. The summed E-state index contributed by atoms with van der Waals surface area (Å²) >= 11 is 6.05. The molecular formula is C14H13ClN4O2. The van der Waals surface area contributed by atoms with Gasteiger partial charge >= 0.3 is 0 Å². The normalized spacial score (nSPS) is 10.0. The molecule has 0 saturated carbocycles. The Kier molecular flexibility index (Phi) is 4.45. The van der Waals surface area contributed by atoms with Crippen LogP contribution < -0.4 is 10.1 Å². The molecule has 7 heteroatoms. The van der Waals surface area contributed by atoms with Crippen molar-refractivity contribution in [2.45, 2.75) is 6.92 Å². The highest BCUT2D eigenvalue weighted by atomic mass is 35.5. The number of ether oxygens (including phenoxy) is 1. The zero-order valence-electron chi connectivity index (χ0n) is 11.6. The van der Waals surface area contributed by atoms with Gasteiger partial charge in [-0.05, 0) is 31.2 Å². The molecule has 0 fully saturated rings. The van der Waals surface area contributed by atoms with Gasteiger partial charge in [-0.2, -0.15) is 10.4 Å². The third kappa shape index (κ3) is 3.33. The fraction of sp³-hybridized carbons (Fsp3) is 0.214. The van der Waals surface area contributed by atoms with Crippen LogP contribution in [0.4, 0.5) is 5.69 Å². The van der Waals surface area contributed by atoms with E-state index in [9.17, 15) is 4.79 Å².